The predicted octanol–water partition coefficient (Wildman–Crippen LogP) is 3.26. The Hall–Kier alpha value is -1.33. The molecule has 1 fully saturated rings. The number of nitrogens with one attached hydrogen (secondary N) is 1. The zero-order valence-electron chi connectivity index (χ0n) is 15.6. The highest BCUT2D eigenvalue weighted by Gasteiger charge is 2.25. The third-order valence-corrected chi connectivity index (χ3v) is 5.25. The first kappa shape index (κ1) is 20.0. The van der Waals surface area contributed by atoms with E-state index in [1.165, 1.54) is 18.6 Å². The smallest absolute Gasteiger partial charge is 0.193 e. The van der Waals surface area contributed by atoms with Gasteiger partial charge in [0, 0.05) is 38.2 Å². The van der Waals surface area contributed by atoms with Gasteiger partial charge in [-0.05, 0) is 49.5 Å². The number of benzene rings is 1. The lowest BCUT2D eigenvalue weighted by Crippen LogP contribution is -2.41. The maximum absolute atomic E-state index is 13.1. The summed E-state index contributed by atoms with van der Waals surface area (Å²) in [4.78, 5) is 9.24. The molecule has 0 radical (unpaired) electrons. The van der Waals surface area contributed by atoms with Crippen molar-refractivity contribution in [1.29, 1.82) is 0 Å². The average molecular weight is 369 g/mol. The minimum absolute atomic E-state index is 0.297. The van der Waals surface area contributed by atoms with E-state index >= 15 is 0 Å². The maximum atomic E-state index is 13.1. The molecular weight excluding hydrogens is 339 g/mol. The van der Waals surface area contributed by atoms with Crippen molar-refractivity contribution in [3.8, 4) is 0 Å². The first-order valence-corrected chi connectivity index (χ1v) is 9.57. The summed E-state index contributed by atoms with van der Waals surface area (Å²) in [7, 11) is 1.82. The van der Waals surface area contributed by atoms with Crippen LogP contribution in [0.25, 0.3) is 0 Å². The van der Waals surface area contributed by atoms with Crippen molar-refractivity contribution in [3.05, 3.63) is 34.6 Å². The topological polar surface area (TPSA) is 30.9 Å². The van der Waals surface area contributed by atoms with Gasteiger partial charge in [-0.2, -0.15) is 0 Å². The molecule has 1 atom stereocenters. The first-order valence-electron chi connectivity index (χ1n) is 9.19. The summed E-state index contributed by atoms with van der Waals surface area (Å²) in [6.45, 7) is 10.6. The van der Waals surface area contributed by atoms with E-state index in [2.05, 4.69) is 34.0 Å². The summed E-state index contributed by atoms with van der Waals surface area (Å²) in [5.74, 6) is 1.35. The van der Waals surface area contributed by atoms with Gasteiger partial charge in [0.1, 0.15) is 5.82 Å². The van der Waals surface area contributed by atoms with E-state index in [4.69, 9.17) is 11.6 Å². The minimum Gasteiger partial charge on any atom is -0.356 e. The van der Waals surface area contributed by atoms with Crippen LogP contribution in [0, 0.1) is 11.7 Å². The van der Waals surface area contributed by atoms with Crippen molar-refractivity contribution in [2.45, 2.75) is 26.7 Å². The van der Waals surface area contributed by atoms with Crippen molar-refractivity contribution >= 4 is 17.6 Å². The van der Waals surface area contributed by atoms with E-state index in [0.717, 1.165) is 57.2 Å². The number of nitrogens with zero attached hydrogens (tertiary/aromatic N) is 3. The van der Waals surface area contributed by atoms with Gasteiger partial charge in [-0.25, -0.2) is 4.39 Å². The van der Waals surface area contributed by atoms with E-state index in [1.54, 1.807) is 6.07 Å². The Bertz CT molecular complexity index is 575. The molecule has 25 heavy (non-hydrogen) atoms. The fourth-order valence-corrected chi connectivity index (χ4v) is 3.65. The number of hydrogen-bond donors (Lipinski definition) is 1. The Morgan fingerprint density at radius 3 is 2.80 bits per heavy atom. The highest BCUT2D eigenvalue weighted by atomic mass is 35.5. The molecule has 0 saturated carbocycles. The van der Waals surface area contributed by atoms with Gasteiger partial charge in [-0.1, -0.05) is 31.5 Å². The zero-order chi connectivity index (χ0) is 18.2. The largest absolute Gasteiger partial charge is 0.356 e. The van der Waals surface area contributed by atoms with Crippen LogP contribution < -0.4 is 5.32 Å². The second-order valence-corrected chi connectivity index (χ2v) is 6.95. The Morgan fingerprint density at radius 1 is 1.40 bits per heavy atom. The summed E-state index contributed by atoms with van der Waals surface area (Å²) in [6, 6.07) is 4.57. The standard InChI is InChI=1S/C19H30ClFN4/c1-4-24(5-2)13-15-9-11-25(14-15)19(22-3)23-10-8-16-6-7-17(21)12-18(16)20/h6-7,12,15H,4-5,8-11,13-14H2,1-3H3,(H,22,23). The van der Waals surface area contributed by atoms with Crippen LogP contribution >= 0.6 is 11.6 Å². The molecule has 1 unspecified atom stereocenters. The molecule has 6 heteroatoms. The van der Waals surface area contributed by atoms with Gasteiger partial charge in [0.25, 0.3) is 0 Å². The zero-order valence-corrected chi connectivity index (χ0v) is 16.3. The molecule has 1 aromatic carbocycles. The van der Waals surface area contributed by atoms with Crippen LogP contribution in [0.15, 0.2) is 23.2 Å². The number of hydrogen-bond acceptors (Lipinski definition) is 2. The summed E-state index contributed by atoms with van der Waals surface area (Å²) >= 11 is 6.09. The van der Waals surface area contributed by atoms with Gasteiger partial charge in [0.05, 0.1) is 0 Å². The van der Waals surface area contributed by atoms with Crippen LogP contribution in [0.4, 0.5) is 4.39 Å². The van der Waals surface area contributed by atoms with Gasteiger partial charge in [0.15, 0.2) is 5.96 Å². The maximum Gasteiger partial charge on any atom is 0.193 e. The SMILES string of the molecule is CCN(CC)CC1CCN(C(=NC)NCCc2ccc(F)cc2Cl)C1. The lowest BCUT2D eigenvalue weighted by Gasteiger charge is -2.24. The summed E-state index contributed by atoms with van der Waals surface area (Å²) in [5, 5.41) is 3.90. The monoisotopic (exact) mass is 368 g/mol. The van der Waals surface area contributed by atoms with E-state index in [0.29, 0.717) is 10.9 Å². The number of guanidine groups is 1. The van der Waals surface area contributed by atoms with E-state index in [1.807, 2.05) is 7.05 Å². The number of likely N-dealkylation sites (tertiary alicyclic amines) is 1. The molecule has 2 rings (SSSR count). The molecule has 1 aliphatic heterocycles. The van der Waals surface area contributed by atoms with Crippen molar-refractivity contribution in [2.75, 3.05) is 46.3 Å². The lowest BCUT2D eigenvalue weighted by molar-refractivity contribution is 0.255. The molecular formula is C19H30ClFN4. The molecule has 0 aromatic heterocycles. The Labute approximate surface area is 156 Å². The highest BCUT2D eigenvalue weighted by molar-refractivity contribution is 6.31. The second kappa shape index (κ2) is 9.97. The van der Waals surface area contributed by atoms with Crippen molar-refractivity contribution < 1.29 is 4.39 Å². The second-order valence-electron chi connectivity index (χ2n) is 6.55. The molecule has 0 spiro atoms. The summed E-state index contributed by atoms with van der Waals surface area (Å²) in [5.41, 5.74) is 0.951. The lowest BCUT2D eigenvalue weighted by atomic mass is 10.1. The molecule has 0 bridgehead atoms. The quantitative estimate of drug-likeness (QED) is 0.592. The van der Waals surface area contributed by atoms with Crippen molar-refractivity contribution in [1.82, 2.24) is 15.1 Å². The molecule has 1 aromatic rings. The highest BCUT2D eigenvalue weighted by Crippen LogP contribution is 2.19. The van der Waals surface area contributed by atoms with Gasteiger partial charge in [-0.15, -0.1) is 0 Å². The molecule has 140 valence electrons. The van der Waals surface area contributed by atoms with Gasteiger partial charge < -0.3 is 15.1 Å². The van der Waals surface area contributed by atoms with Gasteiger partial charge >= 0.3 is 0 Å². The van der Waals surface area contributed by atoms with Crippen LogP contribution in [0.3, 0.4) is 0 Å². The number of halogens is 2. The minimum atomic E-state index is -0.297. The number of rotatable bonds is 7. The fourth-order valence-electron chi connectivity index (χ4n) is 3.39. The van der Waals surface area contributed by atoms with Crippen molar-refractivity contribution in [3.63, 3.8) is 0 Å². The van der Waals surface area contributed by atoms with E-state index in [-0.39, 0.29) is 5.82 Å². The van der Waals surface area contributed by atoms with Gasteiger partial charge in [0.2, 0.25) is 0 Å². The fraction of sp³-hybridized carbons (Fsp3) is 0.632. The molecule has 1 aliphatic rings. The van der Waals surface area contributed by atoms with Crippen LogP contribution in [0.5, 0.6) is 0 Å². The van der Waals surface area contributed by atoms with E-state index < -0.39 is 0 Å². The molecule has 1 heterocycles. The molecule has 0 amide bonds. The molecule has 1 N–H and O–H groups in total. The van der Waals surface area contributed by atoms with Crippen LogP contribution in [-0.2, 0) is 6.42 Å². The van der Waals surface area contributed by atoms with Crippen LogP contribution in [0.2, 0.25) is 5.02 Å². The van der Waals surface area contributed by atoms with Gasteiger partial charge in [-0.3, -0.25) is 4.99 Å². The molecule has 1 saturated heterocycles. The Kier molecular flexibility index (Phi) is 7.97. The first-order chi connectivity index (χ1) is 12.1. The average Bonchev–Trinajstić information content (AvgIpc) is 3.06. The Balaban J connectivity index is 1.81. The van der Waals surface area contributed by atoms with E-state index in [9.17, 15) is 4.39 Å². The molecule has 0 aliphatic carbocycles. The number of aliphatic imine (C=N–C) groups is 1. The third kappa shape index (κ3) is 5.86. The third-order valence-electron chi connectivity index (χ3n) is 4.90. The summed E-state index contributed by atoms with van der Waals surface area (Å²) < 4.78 is 13.1. The normalized spacial score (nSPS) is 18.2. The van der Waals surface area contributed by atoms with Crippen LogP contribution in [0.1, 0.15) is 25.8 Å². The molecule has 4 nitrogen and oxygen atoms in total. The Morgan fingerprint density at radius 2 is 2.16 bits per heavy atom. The predicted molar refractivity (Wildman–Crippen MR) is 104 cm³/mol. The van der Waals surface area contributed by atoms with Crippen LogP contribution in [-0.4, -0.2) is 62.1 Å². The summed E-state index contributed by atoms with van der Waals surface area (Å²) in [6.07, 6.45) is 1.95. The van der Waals surface area contributed by atoms with Crippen molar-refractivity contribution in [2.24, 2.45) is 10.9 Å².